The number of nitrogens with zero attached hydrogens (tertiary/aromatic N) is 1. The Morgan fingerprint density at radius 3 is 2.56 bits per heavy atom. The van der Waals surface area contributed by atoms with Crippen LogP contribution in [0.5, 0.6) is 0 Å². The van der Waals surface area contributed by atoms with E-state index in [4.69, 9.17) is 10.1 Å². The molecule has 0 amide bonds. The molecule has 1 N–H and O–H groups in total. The van der Waals surface area contributed by atoms with Gasteiger partial charge in [-0.05, 0) is 48.6 Å². The molecule has 0 aliphatic heterocycles. The highest BCUT2D eigenvalue weighted by Crippen LogP contribution is 2.28. The number of carboxylic acids is 1. The predicted molar refractivity (Wildman–Crippen MR) is 102 cm³/mol. The van der Waals surface area contributed by atoms with Gasteiger partial charge in [0.15, 0.2) is 0 Å². The molecule has 2 aromatic carbocycles. The van der Waals surface area contributed by atoms with Crippen LogP contribution in [0.4, 0.5) is 0 Å². The average molecular weight is 331 g/mol. The van der Waals surface area contributed by atoms with E-state index < -0.39 is 5.97 Å². The molecule has 1 heterocycles. The van der Waals surface area contributed by atoms with Crippen LogP contribution in [-0.4, -0.2) is 16.1 Å². The molecule has 0 unspecified atom stereocenters. The number of carbonyl (C=O) groups is 1. The third kappa shape index (κ3) is 4.54. The van der Waals surface area contributed by atoms with Crippen molar-refractivity contribution in [1.29, 1.82) is 0 Å². The van der Waals surface area contributed by atoms with E-state index in [-0.39, 0.29) is 6.42 Å². The van der Waals surface area contributed by atoms with E-state index >= 15 is 0 Å². The molecule has 0 aliphatic rings. The van der Waals surface area contributed by atoms with Crippen LogP contribution in [-0.2, 0) is 4.79 Å². The van der Waals surface area contributed by atoms with Crippen LogP contribution in [0.2, 0.25) is 0 Å². The van der Waals surface area contributed by atoms with Crippen LogP contribution in [0.25, 0.3) is 28.1 Å². The van der Waals surface area contributed by atoms with Crippen LogP contribution >= 0.6 is 0 Å². The molecule has 0 bridgehead atoms. The van der Waals surface area contributed by atoms with Crippen molar-refractivity contribution in [2.45, 2.75) is 25.7 Å². The Morgan fingerprint density at radius 1 is 1.00 bits per heavy atom. The lowest BCUT2D eigenvalue weighted by Gasteiger charge is -2.08. The number of fused-ring (bicyclic) bond motifs is 1. The summed E-state index contributed by atoms with van der Waals surface area (Å²) in [7, 11) is 0. The van der Waals surface area contributed by atoms with Crippen molar-refractivity contribution in [3.63, 3.8) is 0 Å². The topological polar surface area (TPSA) is 50.2 Å². The fourth-order valence-electron chi connectivity index (χ4n) is 2.88. The van der Waals surface area contributed by atoms with E-state index in [9.17, 15) is 4.79 Å². The monoisotopic (exact) mass is 331 g/mol. The summed E-state index contributed by atoms with van der Waals surface area (Å²) >= 11 is 0. The zero-order chi connectivity index (χ0) is 17.5. The SMILES string of the molecule is O=C(O)CCCC/C=C/c1cc(-c2ccccc2)c2ccccc2n1. The minimum Gasteiger partial charge on any atom is -0.481 e. The van der Waals surface area contributed by atoms with Gasteiger partial charge in [-0.15, -0.1) is 0 Å². The Bertz CT molecular complexity index is 885. The quantitative estimate of drug-likeness (QED) is 0.577. The molecule has 0 saturated carbocycles. The van der Waals surface area contributed by atoms with E-state index in [0.29, 0.717) is 6.42 Å². The lowest BCUT2D eigenvalue weighted by Crippen LogP contribution is -1.93. The van der Waals surface area contributed by atoms with E-state index in [1.807, 2.05) is 42.5 Å². The van der Waals surface area contributed by atoms with Crippen molar-refractivity contribution in [2.75, 3.05) is 0 Å². The van der Waals surface area contributed by atoms with Crippen LogP contribution in [0.3, 0.4) is 0 Å². The normalized spacial score (nSPS) is 11.2. The summed E-state index contributed by atoms with van der Waals surface area (Å²) in [5, 5.41) is 9.81. The molecular formula is C22H21NO2. The molecule has 126 valence electrons. The molecule has 0 spiro atoms. The van der Waals surface area contributed by atoms with E-state index in [1.165, 1.54) is 11.1 Å². The summed E-state index contributed by atoms with van der Waals surface area (Å²) < 4.78 is 0. The molecule has 3 rings (SSSR count). The number of allylic oxidation sites excluding steroid dienone is 1. The number of carboxylic acid groups (broad SMARTS) is 1. The third-order valence-electron chi connectivity index (χ3n) is 4.12. The number of pyridine rings is 1. The number of hydrogen-bond donors (Lipinski definition) is 1. The summed E-state index contributed by atoms with van der Waals surface area (Å²) in [6.07, 6.45) is 6.79. The number of benzene rings is 2. The summed E-state index contributed by atoms with van der Waals surface area (Å²) in [5.74, 6) is -0.729. The molecule has 3 nitrogen and oxygen atoms in total. The number of para-hydroxylation sites is 1. The van der Waals surface area contributed by atoms with E-state index in [2.05, 4.69) is 30.3 Å². The van der Waals surface area contributed by atoms with Gasteiger partial charge in [0, 0.05) is 11.8 Å². The van der Waals surface area contributed by atoms with Crippen molar-refractivity contribution >= 4 is 22.9 Å². The zero-order valence-corrected chi connectivity index (χ0v) is 14.1. The maximum Gasteiger partial charge on any atom is 0.303 e. The van der Waals surface area contributed by atoms with Crippen LogP contribution in [0, 0.1) is 0 Å². The number of rotatable bonds is 7. The maximum absolute atomic E-state index is 10.5. The highest BCUT2D eigenvalue weighted by molar-refractivity contribution is 5.95. The van der Waals surface area contributed by atoms with Crippen molar-refractivity contribution < 1.29 is 9.90 Å². The van der Waals surface area contributed by atoms with E-state index in [0.717, 1.165) is 29.4 Å². The molecule has 3 heteroatoms. The predicted octanol–water partition coefficient (Wildman–Crippen LogP) is 5.56. The highest BCUT2D eigenvalue weighted by Gasteiger charge is 2.06. The molecule has 0 aliphatic carbocycles. The standard InChI is InChI=1S/C22H21NO2/c24-22(25)15-7-2-1-6-12-18-16-20(17-10-4-3-5-11-17)19-13-8-9-14-21(19)23-18/h3-6,8-14,16H,1-2,7,15H2,(H,24,25)/b12-6+. The van der Waals surface area contributed by atoms with Gasteiger partial charge in [-0.2, -0.15) is 0 Å². The van der Waals surface area contributed by atoms with Gasteiger partial charge < -0.3 is 5.11 Å². The summed E-state index contributed by atoms with van der Waals surface area (Å²) in [6.45, 7) is 0. The van der Waals surface area contributed by atoms with Crippen molar-refractivity contribution in [1.82, 2.24) is 4.98 Å². The van der Waals surface area contributed by atoms with Crippen molar-refractivity contribution in [2.24, 2.45) is 0 Å². The first kappa shape index (κ1) is 16.9. The van der Waals surface area contributed by atoms with Gasteiger partial charge >= 0.3 is 5.97 Å². The van der Waals surface area contributed by atoms with Gasteiger partial charge in [-0.3, -0.25) is 4.79 Å². The molecule has 25 heavy (non-hydrogen) atoms. The second-order valence-corrected chi connectivity index (χ2v) is 6.02. The van der Waals surface area contributed by atoms with Gasteiger partial charge in [0.1, 0.15) is 0 Å². The molecule has 0 fully saturated rings. The second-order valence-electron chi connectivity index (χ2n) is 6.02. The fraction of sp³-hybridized carbons (Fsp3) is 0.182. The number of aliphatic carboxylic acids is 1. The molecule has 1 aromatic heterocycles. The average Bonchev–Trinajstić information content (AvgIpc) is 2.64. The largest absolute Gasteiger partial charge is 0.481 e. The van der Waals surface area contributed by atoms with Gasteiger partial charge in [0.05, 0.1) is 11.2 Å². The smallest absolute Gasteiger partial charge is 0.303 e. The fourth-order valence-corrected chi connectivity index (χ4v) is 2.88. The minimum atomic E-state index is -0.729. The second kappa shape index (κ2) is 8.25. The van der Waals surface area contributed by atoms with Crippen LogP contribution < -0.4 is 0 Å². The van der Waals surface area contributed by atoms with E-state index in [1.54, 1.807) is 0 Å². The maximum atomic E-state index is 10.5. The third-order valence-corrected chi connectivity index (χ3v) is 4.12. The number of aromatic nitrogens is 1. The summed E-state index contributed by atoms with van der Waals surface area (Å²) in [5.41, 5.74) is 4.26. The van der Waals surface area contributed by atoms with Gasteiger partial charge in [-0.25, -0.2) is 4.98 Å². The first-order valence-electron chi connectivity index (χ1n) is 8.57. The molecule has 0 saturated heterocycles. The van der Waals surface area contributed by atoms with Gasteiger partial charge in [0.25, 0.3) is 0 Å². The Hall–Kier alpha value is -2.94. The summed E-state index contributed by atoms with van der Waals surface area (Å²) in [6, 6.07) is 20.6. The molecular weight excluding hydrogens is 310 g/mol. The summed E-state index contributed by atoms with van der Waals surface area (Å²) in [4.78, 5) is 15.2. The molecule has 0 atom stereocenters. The number of hydrogen-bond acceptors (Lipinski definition) is 2. The van der Waals surface area contributed by atoms with Gasteiger partial charge in [-0.1, -0.05) is 54.6 Å². The lowest BCUT2D eigenvalue weighted by atomic mass is 10.00. The Labute approximate surface area is 147 Å². The Kier molecular flexibility index (Phi) is 5.57. The van der Waals surface area contributed by atoms with Gasteiger partial charge in [0.2, 0.25) is 0 Å². The van der Waals surface area contributed by atoms with Crippen LogP contribution in [0.15, 0.2) is 66.7 Å². The Balaban J connectivity index is 1.83. The highest BCUT2D eigenvalue weighted by atomic mass is 16.4. The van der Waals surface area contributed by atoms with Crippen LogP contribution in [0.1, 0.15) is 31.4 Å². The van der Waals surface area contributed by atoms with Crippen molar-refractivity contribution in [3.05, 3.63) is 72.4 Å². The first-order valence-corrected chi connectivity index (χ1v) is 8.57. The molecule has 0 radical (unpaired) electrons. The van der Waals surface area contributed by atoms with Crippen molar-refractivity contribution in [3.8, 4) is 11.1 Å². The zero-order valence-electron chi connectivity index (χ0n) is 14.1. The first-order chi connectivity index (χ1) is 12.2. The lowest BCUT2D eigenvalue weighted by molar-refractivity contribution is -0.137. The Morgan fingerprint density at radius 2 is 1.76 bits per heavy atom. The number of unbranched alkanes of at least 4 members (excludes halogenated alkanes) is 2. The minimum absolute atomic E-state index is 0.236. The molecule has 3 aromatic rings.